The molecule has 2 aromatic carbocycles. The molecule has 35 heavy (non-hydrogen) atoms. The standard InChI is InChI=1S/C28H29N5O2/c1-19-4-7-23(16-25(19)31-27(34)24-10-11-26(30-18-24)32(2)3)28(35)33-14-12-22(13-15-33)21-8-5-20(17-29)6-9-21/h4-11,16,18,22H,12-15H2,1-3H3,(H,31,34). The van der Waals surface area contributed by atoms with Crippen LogP contribution in [0.5, 0.6) is 0 Å². The Kier molecular flexibility index (Phi) is 7.11. The van der Waals surface area contributed by atoms with Gasteiger partial charge in [-0.25, -0.2) is 4.98 Å². The van der Waals surface area contributed by atoms with Crippen LogP contribution in [-0.4, -0.2) is 48.9 Å². The van der Waals surface area contributed by atoms with Gasteiger partial charge in [0.15, 0.2) is 0 Å². The van der Waals surface area contributed by atoms with Crippen molar-refractivity contribution in [2.45, 2.75) is 25.7 Å². The highest BCUT2D eigenvalue weighted by Gasteiger charge is 2.25. The number of nitrogens with zero attached hydrogens (tertiary/aromatic N) is 4. The maximum absolute atomic E-state index is 13.2. The predicted molar refractivity (Wildman–Crippen MR) is 137 cm³/mol. The Labute approximate surface area is 206 Å². The lowest BCUT2D eigenvalue weighted by atomic mass is 9.89. The molecule has 4 rings (SSSR count). The van der Waals surface area contributed by atoms with Crippen LogP contribution in [0.3, 0.4) is 0 Å². The van der Waals surface area contributed by atoms with Crippen molar-refractivity contribution < 1.29 is 9.59 Å². The van der Waals surface area contributed by atoms with E-state index in [1.807, 2.05) is 67.2 Å². The third-order valence-electron chi connectivity index (χ3n) is 6.49. The summed E-state index contributed by atoms with van der Waals surface area (Å²) in [6.45, 7) is 3.24. The normalized spacial score (nSPS) is 13.7. The highest BCUT2D eigenvalue weighted by Crippen LogP contribution is 2.29. The first-order chi connectivity index (χ1) is 16.9. The van der Waals surface area contributed by atoms with Crippen LogP contribution in [0.2, 0.25) is 0 Å². The van der Waals surface area contributed by atoms with Crippen molar-refractivity contribution in [2.24, 2.45) is 0 Å². The van der Waals surface area contributed by atoms with E-state index >= 15 is 0 Å². The van der Waals surface area contributed by atoms with Gasteiger partial charge in [-0.15, -0.1) is 0 Å². The van der Waals surface area contributed by atoms with E-state index in [1.165, 1.54) is 5.56 Å². The van der Waals surface area contributed by atoms with Gasteiger partial charge in [0, 0.05) is 44.6 Å². The molecule has 3 aromatic rings. The molecule has 2 heterocycles. The summed E-state index contributed by atoms with van der Waals surface area (Å²) in [7, 11) is 3.78. The summed E-state index contributed by atoms with van der Waals surface area (Å²) >= 11 is 0. The summed E-state index contributed by atoms with van der Waals surface area (Å²) < 4.78 is 0. The SMILES string of the molecule is Cc1ccc(C(=O)N2CCC(c3ccc(C#N)cc3)CC2)cc1NC(=O)c1ccc(N(C)C)nc1. The number of nitriles is 1. The van der Waals surface area contributed by atoms with Gasteiger partial charge in [0.2, 0.25) is 0 Å². The number of hydrogen-bond acceptors (Lipinski definition) is 5. The first-order valence-electron chi connectivity index (χ1n) is 11.7. The van der Waals surface area contributed by atoms with Crippen LogP contribution in [0.4, 0.5) is 11.5 Å². The van der Waals surface area contributed by atoms with Crippen molar-refractivity contribution in [1.29, 1.82) is 5.26 Å². The van der Waals surface area contributed by atoms with Gasteiger partial charge in [-0.05, 0) is 73.2 Å². The first-order valence-corrected chi connectivity index (χ1v) is 11.7. The lowest BCUT2D eigenvalue weighted by Gasteiger charge is -2.32. The number of anilines is 2. The third-order valence-corrected chi connectivity index (χ3v) is 6.49. The monoisotopic (exact) mass is 467 g/mol. The fourth-order valence-electron chi connectivity index (χ4n) is 4.30. The second-order valence-corrected chi connectivity index (χ2v) is 9.08. The van der Waals surface area contributed by atoms with Gasteiger partial charge in [0.1, 0.15) is 5.82 Å². The third kappa shape index (κ3) is 5.49. The summed E-state index contributed by atoms with van der Waals surface area (Å²) in [4.78, 5) is 34.0. The number of piperidine rings is 1. The van der Waals surface area contributed by atoms with Crippen molar-refractivity contribution in [2.75, 3.05) is 37.4 Å². The average Bonchev–Trinajstić information content (AvgIpc) is 2.89. The number of nitrogens with one attached hydrogen (secondary N) is 1. The van der Waals surface area contributed by atoms with Crippen molar-refractivity contribution in [1.82, 2.24) is 9.88 Å². The second-order valence-electron chi connectivity index (χ2n) is 9.08. The smallest absolute Gasteiger partial charge is 0.257 e. The van der Waals surface area contributed by atoms with Gasteiger partial charge >= 0.3 is 0 Å². The maximum atomic E-state index is 13.2. The van der Waals surface area contributed by atoms with E-state index in [9.17, 15) is 9.59 Å². The highest BCUT2D eigenvalue weighted by molar-refractivity contribution is 6.05. The van der Waals surface area contributed by atoms with E-state index in [-0.39, 0.29) is 11.8 Å². The minimum atomic E-state index is -0.265. The van der Waals surface area contributed by atoms with Crippen LogP contribution < -0.4 is 10.2 Å². The molecule has 1 aliphatic heterocycles. The Hall–Kier alpha value is -4.18. The lowest BCUT2D eigenvalue weighted by Crippen LogP contribution is -2.38. The summed E-state index contributed by atoms with van der Waals surface area (Å²) in [5.41, 5.74) is 4.38. The van der Waals surface area contributed by atoms with Gasteiger partial charge < -0.3 is 15.1 Å². The molecule has 1 fully saturated rings. The van der Waals surface area contributed by atoms with Gasteiger partial charge in [-0.3, -0.25) is 9.59 Å². The Morgan fingerprint density at radius 3 is 2.31 bits per heavy atom. The Bertz CT molecular complexity index is 1250. The largest absolute Gasteiger partial charge is 0.363 e. The molecule has 0 spiro atoms. The fourth-order valence-corrected chi connectivity index (χ4v) is 4.30. The van der Waals surface area contributed by atoms with Crippen molar-refractivity contribution in [3.8, 4) is 6.07 Å². The van der Waals surface area contributed by atoms with E-state index in [1.54, 1.807) is 24.4 Å². The molecule has 7 heteroatoms. The van der Waals surface area contributed by atoms with E-state index in [0.29, 0.717) is 41.4 Å². The molecule has 0 atom stereocenters. The zero-order chi connectivity index (χ0) is 24.9. The molecule has 0 unspecified atom stereocenters. The van der Waals surface area contributed by atoms with E-state index in [2.05, 4.69) is 16.4 Å². The number of rotatable bonds is 5. The predicted octanol–water partition coefficient (Wildman–Crippen LogP) is 4.60. The average molecular weight is 468 g/mol. The Morgan fingerprint density at radius 1 is 1.03 bits per heavy atom. The van der Waals surface area contributed by atoms with Gasteiger partial charge in [0.05, 0.1) is 17.2 Å². The number of aryl methyl sites for hydroxylation is 1. The molecular formula is C28H29N5O2. The minimum absolute atomic E-state index is 0.0317. The minimum Gasteiger partial charge on any atom is -0.363 e. The molecule has 1 saturated heterocycles. The fraction of sp³-hybridized carbons (Fsp3) is 0.286. The number of benzene rings is 2. The molecule has 0 bridgehead atoms. The maximum Gasteiger partial charge on any atom is 0.257 e. The lowest BCUT2D eigenvalue weighted by molar-refractivity contribution is 0.0712. The van der Waals surface area contributed by atoms with Crippen LogP contribution in [0, 0.1) is 18.3 Å². The number of hydrogen-bond donors (Lipinski definition) is 1. The Balaban J connectivity index is 1.41. The summed E-state index contributed by atoms with van der Waals surface area (Å²) in [6, 6.07) is 18.8. The van der Waals surface area contributed by atoms with E-state index < -0.39 is 0 Å². The molecule has 2 amide bonds. The van der Waals surface area contributed by atoms with Crippen LogP contribution in [0.15, 0.2) is 60.8 Å². The number of likely N-dealkylation sites (tertiary alicyclic amines) is 1. The first kappa shape index (κ1) is 24.0. The number of amides is 2. The van der Waals surface area contributed by atoms with Crippen LogP contribution in [-0.2, 0) is 0 Å². The summed E-state index contributed by atoms with van der Waals surface area (Å²) in [5, 5.41) is 11.9. The molecule has 0 radical (unpaired) electrons. The summed E-state index contributed by atoms with van der Waals surface area (Å²) in [6.07, 6.45) is 3.30. The van der Waals surface area contributed by atoms with Crippen LogP contribution in [0.25, 0.3) is 0 Å². The number of pyridine rings is 1. The number of aromatic nitrogens is 1. The van der Waals surface area contributed by atoms with Crippen LogP contribution >= 0.6 is 0 Å². The van der Waals surface area contributed by atoms with E-state index in [4.69, 9.17) is 5.26 Å². The zero-order valence-corrected chi connectivity index (χ0v) is 20.3. The topological polar surface area (TPSA) is 89.3 Å². The van der Waals surface area contributed by atoms with E-state index in [0.717, 1.165) is 24.2 Å². The molecule has 7 nitrogen and oxygen atoms in total. The molecule has 1 aliphatic rings. The second kappa shape index (κ2) is 10.4. The zero-order valence-electron chi connectivity index (χ0n) is 20.3. The van der Waals surface area contributed by atoms with Gasteiger partial charge in [-0.1, -0.05) is 18.2 Å². The van der Waals surface area contributed by atoms with Gasteiger partial charge in [-0.2, -0.15) is 5.26 Å². The number of carbonyl (C=O) groups excluding carboxylic acids is 2. The van der Waals surface area contributed by atoms with Crippen molar-refractivity contribution in [3.63, 3.8) is 0 Å². The molecule has 1 aromatic heterocycles. The molecule has 0 saturated carbocycles. The van der Waals surface area contributed by atoms with Crippen molar-refractivity contribution >= 4 is 23.3 Å². The quantitative estimate of drug-likeness (QED) is 0.592. The number of carbonyl (C=O) groups is 2. The van der Waals surface area contributed by atoms with Crippen LogP contribution in [0.1, 0.15) is 56.2 Å². The summed E-state index contributed by atoms with van der Waals surface area (Å²) in [5.74, 6) is 0.856. The highest BCUT2D eigenvalue weighted by atomic mass is 16.2. The van der Waals surface area contributed by atoms with Gasteiger partial charge in [0.25, 0.3) is 11.8 Å². The molecule has 178 valence electrons. The van der Waals surface area contributed by atoms with Crippen molar-refractivity contribution in [3.05, 3.63) is 88.6 Å². The molecule has 0 aliphatic carbocycles. The molecular weight excluding hydrogens is 438 g/mol. The molecule has 1 N–H and O–H groups in total. The Morgan fingerprint density at radius 2 is 1.71 bits per heavy atom.